The summed E-state index contributed by atoms with van der Waals surface area (Å²) in [4.78, 5) is 34.1. The number of carboxylic acid groups (broad SMARTS) is 1. The maximum Gasteiger partial charge on any atom is 0.312 e. The second kappa shape index (κ2) is 7.85. The monoisotopic (exact) mass is 299 g/mol. The van der Waals surface area contributed by atoms with Crippen molar-refractivity contribution in [3.05, 3.63) is 0 Å². The molecule has 0 aliphatic heterocycles. The van der Waals surface area contributed by atoms with E-state index in [0.29, 0.717) is 32.1 Å². The highest BCUT2D eigenvalue weighted by molar-refractivity contribution is 5.86. The standard InChI is InChI=1S/C14H25N3O4/c1-8(2)7-11(17-14(15)21)12(18)16-10-5-3-9(4-6-10)13(19)20/h8-11H,3-7H2,1-2H3,(H,16,18)(H,19,20)(H3,15,17,21). The normalized spacial score (nSPS) is 23.4. The molecule has 0 saturated heterocycles. The van der Waals surface area contributed by atoms with Crippen molar-refractivity contribution in [2.45, 2.75) is 58.0 Å². The van der Waals surface area contributed by atoms with Gasteiger partial charge in [0.05, 0.1) is 5.92 Å². The molecule has 120 valence electrons. The molecule has 0 heterocycles. The van der Waals surface area contributed by atoms with Crippen LogP contribution in [0.1, 0.15) is 46.0 Å². The molecule has 0 aromatic heterocycles. The average Bonchev–Trinajstić information content (AvgIpc) is 2.37. The van der Waals surface area contributed by atoms with Crippen LogP contribution in [0.5, 0.6) is 0 Å². The van der Waals surface area contributed by atoms with Gasteiger partial charge in [0, 0.05) is 6.04 Å². The van der Waals surface area contributed by atoms with E-state index in [1.807, 2.05) is 13.8 Å². The first-order valence-electron chi connectivity index (χ1n) is 7.38. The highest BCUT2D eigenvalue weighted by Gasteiger charge is 2.29. The van der Waals surface area contributed by atoms with Gasteiger partial charge >= 0.3 is 12.0 Å². The Labute approximate surface area is 124 Å². The number of aliphatic carboxylic acids is 1. The van der Waals surface area contributed by atoms with E-state index in [2.05, 4.69) is 10.6 Å². The van der Waals surface area contributed by atoms with Crippen molar-refractivity contribution >= 4 is 17.9 Å². The minimum absolute atomic E-state index is 0.0301. The van der Waals surface area contributed by atoms with E-state index in [1.54, 1.807) is 0 Å². The zero-order valence-corrected chi connectivity index (χ0v) is 12.6. The first-order valence-corrected chi connectivity index (χ1v) is 7.38. The lowest BCUT2D eigenvalue weighted by atomic mass is 9.86. The van der Waals surface area contributed by atoms with Crippen LogP contribution in [0.2, 0.25) is 0 Å². The third-order valence-electron chi connectivity index (χ3n) is 3.76. The number of carbonyl (C=O) groups is 3. The number of carbonyl (C=O) groups excluding carboxylic acids is 2. The van der Waals surface area contributed by atoms with Gasteiger partial charge in [-0.15, -0.1) is 0 Å². The number of carboxylic acids is 1. The summed E-state index contributed by atoms with van der Waals surface area (Å²) in [5, 5.41) is 14.3. The number of rotatable bonds is 6. The number of nitrogens with one attached hydrogen (secondary N) is 2. The summed E-state index contributed by atoms with van der Waals surface area (Å²) in [6.45, 7) is 3.92. The Balaban J connectivity index is 2.49. The van der Waals surface area contributed by atoms with Gasteiger partial charge in [-0.25, -0.2) is 4.79 Å². The molecule has 1 saturated carbocycles. The van der Waals surface area contributed by atoms with Crippen molar-refractivity contribution < 1.29 is 19.5 Å². The van der Waals surface area contributed by atoms with Gasteiger partial charge in [0.25, 0.3) is 0 Å². The summed E-state index contributed by atoms with van der Waals surface area (Å²) < 4.78 is 0. The van der Waals surface area contributed by atoms with Gasteiger partial charge in [0.1, 0.15) is 6.04 Å². The molecule has 0 aromatic carbocycles. The van der Waals surface area contributed by atoms with Crippen molar-refractivity contribution in [2.75, 3.05) is 0 Å². The summed E-state index contributed by atoms with van der Waals surface area (Å²) in [7, 11) is 0. The summed E-state index contributed by atoms with van der Waals surface area (Å²) in [5.74, 6) is -1.09. The van der Waals surface area contributed by atoms with Crippen molar-refractivity contribution in [1.82, 2.24) is 10.6 Å². The Kier molecular flexibility index (Phi) is 6.45. The molecule has 1 atom stereocenters. The molecule has 7 nitrogen and oxygen atoms in total. The molecule has 7 heteroatoms. The first kappa shape index (κ1) is 17.3. The Morgan fingerprint density at radius 1 is 1.19 bits per heavy atom. The van der Waals surface area contributed by atoms with E-state index in [1.165, 1.54) is 0 Å². The van der Waals surface area contributed by atoms with Crippen LogP contribution in [0, 0.1) is 11.8 Å². The van der Waals surface area contributed by atoms with Crippen LogP contribution in [-0.2, 0) is 9.59 Å². The topological polar surface area (TPSA) is 122 Å². The van der Waals surface area contributed by atoms with Crippen LogP contribution in [0.25, 0.3) is 0 Å². The molecule has 1 unspecified atom stereocenters. The van der Waals surface area contributed by atoms with Crippen LogP contribution < -0.4 is 16.4 Å². The van der Waals surface area contributed by atoms with Gasteiger partial charge < -0.3 is 21.5 Å². The van der Waals surface area contributed by atoms with Crippen LogP contribution >= 0.6 is 0 Å². The lowest BCUT2D eigenvalue weighted by Crippen LogP contribution is -2.52. The second-order valence-electron chi connectivity index (χ2n) is 6.09. The number of urea groups is 1. The summed E-state index contributed by atoms with van der Waals surface area (Å²) in [5.41, 5.74) is 5.10. The number of nitrogens with two attached hydrogens (primary N) is 1. The highest BCUT2D eigenvalue weighted by atomic mass is 16.4. The number of hydrogen-bond acceptors (Lipinski definition) is 3. The second-order valence-corrected chi connectivity index (χ2v) is 6.09. The number of amides is 3. The molecular formula is C14H25N3O4. The van der Waals surface area contributed by atoms with Gasteiger partial charge in [0.2, 0.25) is 5.91 Å². The third-order valence-corrected chi connectivity index (χ3v) is 3.76. The summed E-state index contributed by atoms with van der Waals surface area (Å²) >= 11 is 0. The smallest absolute Gasteiger partial charge is 0.312 e. The average molecular weight is 299 g/mol. The number of hydrogen-bond donors (Lipinski definition) is 4. The molecule has 0 spiro atoms. The van der Waals surface area contributed by atoms with Crippen LogP contribution in [0.3, 0.4) is 0 Å². The van der Waals surface area contributed by atoms with Gasteiger partial charge in [-0.3, -0.25) is 9.59 Å². The summed E-state index contributed by atoms with van der Waals surface area (Å²) in [6.07, 6.45) is 2.94. The molecule has 5 N–H and O–H groups in total. The third kappa shape index (κ3) is 6.01. The predicted molar refractivity (Wildman–Crippen MR) is 77.5 cm³/mol. The van der Waals surface area contributed by atoms with Crippen LogP contribution in [0.4, 0.5) is 4.79 Å². The van der Waals surface area contributed by atoms with Crippen LogP contribution in [0.15, 0.2) is 0 Å². The van der Waals surface area contributed by atoms with Gasteiger partial charge in [-0.05, 0) is 38.0 Å². The first-order chi connectivity index (χ1) is 9.79. The van der Waals surface area contributed by atoms with Gasteiger partial charge in [-0.1, -0.05) is 13.8 Å². The van der Waals surface area contributed by atoms with E-state index in [4.69, 9.17) is 10.8 Å². The molecule has 1 fully saturated rings. The van der Waals surface area contributed by atoms with Crippen molar-refractivity contribution in [3.63, 3.8) is 0 Å². The van der Waals surface area contributed by atoms with Gasteiger partial charge in [0.15, 0.2) is 0 Å². The van der Waals surface area contributed by atoms with E-state index in [9.17, 15) is 14.4 Å². The van der Waals surface area contributed by atoms with E-state index < -0.39 is 18.0 Å². The lowest BCUT2D eigenvalue weighted by molar-refractivity contribution is -0.142. The lowest BCUT2D eigenvalue weighted by Gasteiger charge is -2.29. The van der Waals surface area contributed by atoms with E-state index in [0.717, 1.165) is 0 Å². The van der Waals surface area contributed by atoms with Gasteiger partial charge in [-0.2, -0.15) is 0 Å². The highest BCUT2D eigenvalue weighted by Crippen LogP contribution is 2.24. The minimum atomic E-state index is -0.771. The van der Waals surface area contributed by atoms with Crippen molar-refractivity contribution in [1.29, 1.82) is 0 Å². The molecule has 1 aliphatic rings. The molecule has 0 radical (unpaired) electrons. The molecule has 1 rings (SSSR count). The quantitative estimate of drug-likeness (QED) is 0.580. The molecule has 3 amide bonds. The zero-order valence-electron chi connectivity index (χ0n) is 12.6. The Morgan fingerprint density at radius 3 is 2.19 bits per heavy atom. The zero-order chi connectivity index (χ0) is 16.0. The fourth-order valence-corrected chi connectivity index (χ4v) is 2.66. The fourth-order valence-electron chi connectivity index (χ4n) is 2.66. The maximum absolute atomic E-state index is 12.2. The minimum Gasteiger partial charge on any atom is -0.481 e. The van der Waals surface area contributed by atoms with Crippen molar-refractivity contribution in [3.8, 4) is 0 Å². The molecular weight excluding hydrogens is 274 g/mol. The molecule has 21 heavy (non-hydrogen) atoms. The molecule has 0 aromatic rings. The largest absolute Gasteiger partial charge is 0.481 e. The van der Waals surface area contributed by atoms with Crippen molar-refractivity contribution in [2.24, 2.45) is 17.6 Å². The Hall–Kier alpha value is -1.79. The fraction of sp³-hybridized carbons (Fsp3) is 0.786. The summed E-state index contributed by atoms with van der Waals surface area (Å²) in [6, 6.07) is -1.39. The van der Waals surface area contributed by atoms with E-state index >= 15 is 0 Å². The van der Waals surface area contributed by atoms with E-state index in [-0.39, 0.29) is 23.8 Å². The Morgan fingerprint density at radius 2 is 1.76 bits per heavy atom. The molecule has 0 bridgehead atoms. The van der Waals surface area contributed by atoms with Crippen LogP contribution in [-0.4, -0.2) is 35.1 Å². The maximum atomic E-state index is 12.2. The SMILES string of the molecule is CC(C)CC(NC(N)=O)C(=O)NC1CCC(C(=O)O)CC1. The Bertz CT molecular complexity index is 390. The predicted octanol–water partition coefficient (Wildman–Crippen LogP) is 0.829. The molecule has 1 aliphatic carbocycles. The number of primary amides is 1.